The average Bonchev–Trinajstić information content (AvgIpc) is 3.24. The number of phosphoric ester groups is 1. The van der Waals surface area contributed by atoms with Gasteiger partial charge in [-0.1, -0.05) is 228 Å². The topological polar surface area (TPSA) is 105 Å². The largest absolute Gasteiger partial charge is 0.472 e. The monoisotopic (exact) mass is 904 g/mol. The summed E-state index contributed by atoms with van der Waals surface area (Å²) >= 11 is 0. The number of carbonyl (C=O) groups is 1. The van der Waals surface area contributed by atoms with Gasteiger partial charge in [-0.25, -0.2) is 4.57 Å². The highest BCUT2D eigenvalue weighted by atomic mass is 31.2. The van der Waals surface area contributed by atoms with E-state index in [9.17, 15) is 19.4 Å². The lowest BCUT2D eigenvalue weighted by molar-refractivity contribution is -0.870. The molecule has 0 saturated carbocycles. The van der Waals surface area contributed by atoms with Crippen LogP contribution >= 0.6 is 7.82 Å². The van der Waals surface area contributed by atoms with Crippen LogP contribution in [-0.2, 0) is 18.4 Å². The number of quaternary nitrogens is 1. The zero-order valence-electron chi connectivity index (χ0n) is 41.5. The Morgan fingerprint density at radius 3 is 1.30 bits per heavy atom. The highest BCUT2D eigenvalue weighted by Gasteiger charge is 2.28. The first-order chi connectivity index (χ1) is 30.5. The number of allylic oxidation sites excluding steroid dienone is 12. The van der Waals surface area contributed by atoms with Crippen LogP contribution in [0.4, 0.5) is 0 Å². The Labute approximate surface area is 389 Å². The van der Waals surface area contributed by atoms with Crippen molar-refractivity contribution in [2.24, 2.45) is 0 Å². The van der Waals surface area contributed by atoms with E-state index in [1.54, 1.807) is 0 Å². The van der Waals surface area contributed by atoms with Crippen LogP contribution in [0, 0.1) is 0 Å². The molecule has 0 heterocycles. The van der Waals surface area contributed by atoms with E-state index in [2.05, 4.69) is 79.9 Å². The first kappa shape index (κ1) is 60.9. The van der Waals surface area contributed by atoms with Crippen molar-refractivity contribution in [3.05, 3.63) is 72.9 Å². The zero-order chi connectivity index (χ0) is 46.4. The second-order valence-electron chi connectivity index (χ2n) is 18.5. The summed E-state index contributed by atoms with van der Waals surface area (Å²) in [5.74, 6) is -0.227. The fourth-order valence-corrected chi connectivity index (χ4v) is 7.92. The lowest BCUT2D eigenvalue weighted by atomic mass is 10.0. The second kappa shape index (κ2) is 45.1. The van der Waals surface area contributed by atoms with E-state index < -0.39 is 20.0 Å². The zero-order valence-corrected chi connectivity index (χ0v) is 42.4. The molecule has 0 rings (SSSR count). The molecule has 3 N–H and O–H groups in total. The highest BCUT2D eigenvalue weighted by molar-refractivity contribution is 7.47. The minimum absolute atomic E-state index is 0.0578. The average molecular weight is 904 g/mol. The molecule has 0 aliphatic heterocycles. The third-order valence-corrected chi connectivity index (χ3v) is 12.2. The van der Waals surface area contributed by atoms with E-state index >= 15 is 0 Å². The number of phosphoric acid groups is 1. The first-order valence-corrected chi connectivity index (χ1v) is 27.3. The van der Waals surface area contributed by atoms with Crippen molar-refractivity contribution in [3.8, 4) is 0 Å². The molecule has 3 atom stereocenters. The molecule has 0 aliphatic rings. The van der Waals surface area contributed by atoms with Crippen LogP contribution in [0.15, 0.2) is 72.9 Å². The fourth-order valence-electron chi connectivity index (χ4n) is 7.19. The van der Waals surface area contributed by atoms with Gasteiger partial charge in [-0.05, 0) is 51.4 Å². The summed E-state index contributed by atoms with van der Waals surface area (Å²) in [6.45, 7) is 4.72. The van der Waals surface area contributed by atoms with Crippen molar-refractivity contribution >= 4 is 13.7 Å². The number of carbonyl (C=O) groups excluding carboxylic acids is 1. The van der Waals surface area contributed by atoms with Crippen LogP contribution in [-0.4, -0.2) is 73.4 Å². The maximum Gasteiger partial charge on any atom is 0.472 e. The minimum atomic E-state index is -4.34. The van der Waals surface area contributed by atoms with Gasteiger partial charge in [0.05, 0.1) is 39.9 Å². The Morgan fingerprint density at radius 1 is 0.556 bits per heavy atom. The molecule has 0 aromatic heterocycles. The number of aliphatic hydroxyl groups excluding tert-OH is 1. The maximum absolute atomic E-state index is 12.9. The molecule has 8 nitrogen and oxygen atoms in total. The van der Waals surface area contributed by atoms with Crippen molar-refractivity contribution in [3.63, 3.8) is 0 Å². The quantitative estimate of drug-likeness (QED) is 0.0243. The summed E-state index contributed by atoms with van der Waals surface area (Å²) in [7, 11) is 1.56. The number of aliphatic hydroxyl groups is 1. The van der Waals surface area contributed by atoms with Crippen LogP contribution in [0.2, 0.25) is 0 Å². The molecule has 0 bridgehead atoms. The summed E-state index contributed by atoms with van der Waals surface area (Å²) in [6, 6.07) is -0.805. The number of unbranched alkanes of at least 4 members (excludes halogenated alkanes) is 21. The summed E-state index contributed by atoms with van der Waals surface area (Å²) < 4.78 is 23.7. The summed E-state index contributed by atoms with van der Waals surface area (Å²) in [5.41, 5.74) is 0. The maximum atomic E-state index is 12.9. The molecule has 9 heteroatoms. The predicted octanol–water partition coefficient (Wildman–Crippen LogP) is 15.1. The molecule has 1 amide bonds. The first-order valence-electron chi connectivity index (χ1n) is 25.8. The van der Waals surface area contributed by atoms with Crippen molar-refractivity contribution in [2.45, 2.75) is 225 Å². The number of nitrogens with zero attached hydrogens (tertiary/aromatic N) is 1. The Hall–Kier alpha value is -2.06. The SMILES string of the molecule is CC/C=C\C/C=C\C/C=C\C/C=C\C/C=C\C/C=C\CCC(=O)NC(COP(=O)(O)OCC[N+](C)(C)C)C(O)CCCCCCCCCCCCCCCCCCCCCCCC. The van der Waals surface area contributed by atoms with Crippen molar-refractivity contribution in [2.75, 3.05) is 40.9 Å². The highest BCUT2D eigenvalue weighted by Crippen LogP contribution is 2.43. The lowest BCUT2D eigenvalue weighted by Gasteiger charge is -2.26. The van der Waals surface area contributed by atoms with Gasteiger partial charge in [0.1, 0.15) is 13.2 Å². The van der Waals surface area contributed by atoms with Gasteiger partial charge in [0.15, 0.2) is 0 Å². The minimum Gasteiger partial charge on any atom is -0.391 e. The molecule has 0 radical (unpaired) electrons. The van der Waals surface area contributed by atoms with Crippen LogP contribution in [0.5, 0.6) is 0 Å². The molecular weight excluding hydrogens is 804 g/mol. The van der Waals surface area contributed by atoms with Gasteiger partial charge in [0.2, 0.25) is 5.91 Å². The van der Waals surface area contributed by atoms with E-state index in [0.717, 1.165) is 57.8 Å². The summed E-state index contributed by atoms with van der Waals surface area (Å²) in [4.78, 5) is 23.2. The molecular formula is C54H100N2O6P+. The van der Waals surface area contributed by atoms with Crippen LogP contribution in [0.25, 0.3) is 0 Å². The van der Waals surface area contributed by atoms with E-state index in [4.69, 9.17) is 9.05 Å². The third-order valence-electron chi connectivity index (χ3n) is 11.2. The van der Waals surface area contributed by atoms with Crippen LogP contribution in [0.3, 0.4) is 0 Å². The van der Waals surface area contributed by atoms with Gasteiger partial charge in [-0.15, -0.1) is 0 Å². The summed E-state index contributed by atoms with van der Waals surface area (Å²) in [6.07, 6.45) is 61.0. The molecule has 63 heavy (non-hydrogen) atoms. The number of nitrogens with one attached hydrogen (secondary N) is 1. The Bertz CT molecular complexity index is 1250. The molecule has 0 aromatic rings. The Balaban J connectivity index is 4.37. The summed E-state index contributed by atoms with van der Waals surface area (Å²) in [5, 5.41) is 14.0. The molecule has 0 fully saturated rings. The smallest absolute Gasteiger partial charge is 0.391 e. The van der Waals surface area contributed by atoms with E-state index in [1.165, 1.54) is 122 Å². The van der Waals surface area contributed by atoms with Gasteiger partial charge in [0, 0.05) is 6.42 Å². The van der Waals surface area contributed by atoms with Gasteiger partial charge < -0.3 is 19.8 Å². The van der Waals surface area contributed by atoms with Crippen molar-refractivity contribution < 1.29 is 32.9 Å². The van der Waals surface area contributed by atoms with E-state index in [1.807, 2.05) is 33.3 Å². The standard InChI is InChI=1S/C54H99N2O6P/c1-6-8-10-12-14-16-18-20-22-24-26-27-28-30-31-33-35-37-39-41-43-45-47-53(57)52(51-62-63(59,60)61-50-49-56(3,4)5)55-54(58)48-46-44-42-40-38-36-34-32-29-25-23-21-19-17-15-13-11-9-7-2/h9,11,15,17,21,23,29,32,36,38,42,44,52-53,57H,6-8,10,12-14,16,18-20,22,24-28,30-31,33-35,37,39-41,43,45-51H2,1-5H3,(H-,55,58,59,60)/p+1/b11-9-,17-15-,23-21-,32-29-,38-36-,44-42-. The van der Waals surface area contributed by atoms with Crippen LogP contribution in [0.1, 0.15) is 213 Å². The molecule has 0 spiro atoms. The lowest BCUT2D eigenvalue weighted by Crippen LogP contribution is -2.46. The number of likely N-dealkylation sites (N-methyl/N-ethyl adjacent to an activating group) is 1. The Kier molecular flexibility index (Phi) is 43.6. The van der Waals surface area contributed by atoms with Gasteiger partial charge in [0.25, 0.3) is 0 Å². The number of hydrogen-bond acceptors (Lipinski definition) is 5. The third kappa shape index (κ3) is 47.7. The number of amides is 1. The predicted molar refractivity (Wildman–Crippen MR) is 272 cm³/mol. The van der Waals surface area contributed by atoms with E-state index in [0.29, 0.717) is 23.9 Å². The van der Waals surface area contributed by atoms with Crippen molar-refractivity contribution in [1.29, 1.82) is 0 Å². The van der Waals surface area contributed by atoms with Crippen molar-refractivity contribution in [1.82, 2.24) is 5.32 Å². The van der Waals surface area contributed by atoms with Gasteiger partial charge in [-0.3, -0.25) is 13.8 Å². The Morgan fingerprint density at radius 2 is 0.921 bits per heavy atom. The van der Waals surface area contributed by atoms with Gasteiger partial charge >= 0.3 is 7.82 Å². The number of hydrogen-bond donors (Lipinski definition) is 3. The normalized spacial score (nSPS) is 14.7. The molecule has 366 valence electrons. The molecule has 0 aromatic carbocycles. The van der Waals surface area contributed by atoms with Gasteiger partial charge in [-0.2, -0.15) is 0 Å². The fraction of sp³-hybridized carbons (Fsp3) is 0.759. The van der Waals surface area contributed by atoms with E-state index in [-0.39, 0.29) is 25.5 Å². The molecule has 0 aliphatic carbocycles. The molecule has 0 saturated heterocycles. The second-order valence-corrected chi connectivity index (χ2v) is 20.0. The van der Waals surface area contributed by atoms with Crippen LogP contribution < -0.4 is 5.32 Å². The number of rotatable bonds is 46. The molecule has 3 unspecified atom stereocenters.